The highest BCUT2D eigenvalue weighted by Gasteiger charge is 2.06. The first kappa shape index (κ1) is 12.3. The fourth-order valence-electron chi connectivity index (χ4n) is 1.39. The summed E-state index contributed by atoms with van der Waals surface area (Å²) in [4.78, 5) is 11.6. The third kappa shape index (κ3) is 3.17. The van der Waals surface area contributed by atoms with E-state index in [9.17, 15) is 4.79 Å². The molecular weight excluding hydrogens is 252 g/mol. The number of nitrogens with zero attached hydrogens (tertiary/aromatic N) is 2. The molecule has 1 heterocycles. The monoisotopic (exact) mass is 264 g/mol. The molecule has 0 fully saturated rings. The first-order valence-electron chi connectivity index (χ1n) is 5.22. The summed E-state index contributed by atoms with van der Waals surface area (Å²) in [5, 5.41) is 13.1. The summed E-state index contributed by atoms with van der Waals surface area (Å²) in [6, 6.07) is 7.19. The van der Waals surface area contributed by atoms with Crippen molar-refractivity contribution in [2.24, 2.45) is 0 Å². The lowest BCUT2D eigenvalue weighted by Gasteiger charge is -2.09. The van der Waals surface area contributed by atoms with Gasteiger partial charge in [-0.15, -0.1) is 10.2 Å². The van der Waals surface area contributed by atoms with Crippen LogP contribution in [-0.4, -0.2) is 23.3 Å². The number of amides is 2. The Kier molecular flexibility index (Phi) is 4.08. The number of anilines is 1. The van der Waals surface area contributed by atoms with Crippen molar-refractivity contribution in [2.45, 2.75) is 6.54 Å². The highest BCUT2D eigenvalue weighted by Crippen LogP contribution is 2.16. The number of hydrogen-bond donors (Lipinski definition) is 2. The zero-order valence-corrected chi connectivity index (χ0v) is 10.5. The van der Waals surface area contributed by atoms with Gasteiger partial charge in [0, 0.05) is 12.1 Å². The van der Waals surface area contributed by atoms with E-state index in [1.54, 1.807) is 12.6 Å². The summed E-state index contributed by atoms with van der Waals surface area (Å²) in [6.45, 7) is 0.384. The van der Waals surface area contributed by atoms with Crippen molar-refractivity contribution >= 4 is 22.5 Å². The Balaban J connectivity index is 1.89. The largest absolute Gasteiger partial charge is 0.496 e. The Morgan fingerprint density at radius 1 is 1.44 bits per heavy atom. The number of carbonyl (C=O) groups is 1. The van der Waals surface area contributed by atoms with Gasteiger partial charge < -0.3 is 10.1 Å². The van der Waals surface area contributed by atoms with E-state index in [4.69, 9.17) is 4.74 Å². The van der Waals surface area contributed by atoms with Crippen LogP contribution in [0.25, 0.3) is 0 Å². The quantitative estimate of drug-likeness (QED) is 0.883. The van der Waals surface area contributed by atoms with Crippen molar-refractivity contribution in [3.8, 4) is 5.75 Å². The van der Waals surface area contributed by atoms with Gasteiger partial charge in [-0.3, -0.25) is 5.32 Å². The van der Waals surface area contributed by atoms with Crippen LogP contribution in [0.15, 0.2) is 29.8 Å². The zero-order valence-electron chi connectivity index (χ0n) is 9.71. The molecule has 94 valence electrons. The molecule has 0 aliphatic heterocycles. The normalized spacial score (nSPS) is 9.83. The lowest BCUT2D eigenvalue weighted by atomic mass is 10.2. The molecular formula is C11H12N4O2S. The average Bonchev–Trinajstić information content (AvgIpc) is 2.89. The van der Waals surface area contributed by atoms with E-state index in [1.165, 1.54) is 11.3 Å². The van der Waals surface area contributed by atoms with Crippen LogP contribution in [0, 0.1) is 0 Å². The number of aromatic nitrogens is 2. The van der Waals surface area contributed by atoms with Gasteiger partial charge in [0.15, 0.2) is 0 Å². The SMILES string of the molecule is COc1ccccc1CNC(=O)Nc1nncs1. The molecule has 2 aromatic rings. The van der Waals surface area contributed by atoms with Crippen molar-refractivity contribution < 1.29 is 9.53 Å². The average molecular weight is 264 g/mol. The van der Waals surface area contributed by atoms with Gasteiger partial charge in [-0.25, -0.2) is 4.79 Å². The minimum Gasteiger partial charge on any atom is -0.496 e. The predicted molar refractivity (Wildman–Crippen MR) is 68.8 cm³/mol. The molecule has 0 saturated carbocycles. The molecule has 2 amide bonds. The number of ether oxygens (including phenoxy) is 1. The molecule has 0 saturated heterocycles. The summed E-state index contributed by atoms with van der Waals surface area (Å²) < 4.78 is 5.19. The molecule has 0 unspecified atom stereocenters. The Morgan fingerprint density at radius 3 is 3.00 bits per heavy atom. The van der Waals surface area contributed by atoms with Crippen LogP contribution < -0.4 is 15.4 Å². The Hall–Kier alpha value is -2.15. The summed E-state index contributed by atoms with van der Waals surface area (Å²) in [7, 11) is 1.60. The first-order valence-corrected chi connectivity index (χ1v) is 6.10. The molecule has 2 rings (SSSR count). The van der Waals surface area contributed by atoms with Crippen LogP contribution in [0.1, 0.15) is 5.56 Å². The van der Waals surface area contributed by atoms with Crippen LogP contribution in [0.2, 0.25) is 0 Å². The number of carbonyl (C=O) groups excluding carboxylic acids is 1. The molecule has 0 spiro atoms. The maximum absolute atomic E-state index is 11.6. The van der Waals surface area contributed by atoms with E-state index in [0.717, 1.165) is 11.3 Å². The van der Waals surface area contributed by atoms with Crippen LogP contribution in [-0.2, 0) is 6.54 Å². The van der Waals surface area contributed by atoms with Crippen molar-refractivity contribution in [1.82, 2.24) is 15.5 Å². The van der Waals surface area contributed by atoms with Crippen molar-refractivity contribution in [1.29, 1.82) is 0 Å². The van der Waals surface area contributed by atoms with Crippen LogP contribution >= 0.6 is 11.3 Å². The van der Waals surface area contributed by atoms with E-state index >= 15 is 0 Å². The standard InChI is InChI=1S/C11H12N4O2S/c1-17-9-5-3-2-4-8(9)6-12-10(16)14-11-15-13-7-18-11/h2-5,7H,6H2,1H3,(H2,12,14,15,16). The van der Waals surface area contributed by atoms with Crippen molar-refractivity contribution in [3.05, 3.63) is 35.3 Å². The van der Waals surface area contributed by atoms with Crippen molar-refractivity contribution in [2.75, 3.05) is 12.4 Å². The molecule has 6 nitrogen and oxygen atoms in total. The number of para-hydroxylation sites is 1. The number of methoxy groups -OCH3 is 1. The van der Waals surface area contributed by atoms with Gasteiger partial charge in [0.05, 0.1) is 7.11 Å². The van der Waals surface area contributed by atoms with Crippen LogP contribution in [0.5, 0.6) is 5.75 Å². The van der Waals surface area contributed by atoms with Gasteiger partial charge in [0.2, 0.25) is 5.13 Å². The number of nitrogens with one attached hydrogen (secondary N) is 2. The maximum Gasteiger partial charge on any atom is 0.321 e. The smallest absolute Gasteiger partial charge is 0.321 e. The van der Waals surface area contributed by atoms with E-state index < -0.39 is 0 Å². The summed E-state index contributed by atoms with van der Waals surface area (Å²) in [5.74, 6) is 0.744. The van der Waals surface area contributed by atoms with Crippen LogP contribution in [0.4, 0.5) is 9.93 Å². The van der Waals surface area contributed by atoms with E-state index in [-0.39, 0.29) is 6.03 Å². The molecule has 0 radical (unpaired) electrons. The Labute approximate surface area is 108 Å². The second-order valence-electron chi connectivity index (χ2n) is 3.36. The van der Waals surface area contributed by atoms with Gasteiger partial charge in [0.1, 0.15) is 11.3 Å². The van der Waals surface area contributed by atoms with Gasteiger partial charge in [-0.1, -0.05) is 29.5 Å². The lowest BCUT2D eigenvalue weighted by Crippen LogP contribution is -2.28. The molecule has 18 heavy (non-hydrogen) atoms. The van der Waals surface area contributed by atoms with E-state index in [1.807, 2.05) is 24.3 Å². The third-order valence-corrected chi connectivity index (χ3v) is 2.82. The lowest BCUT2D eigenvalue weighted by molar-refractivity contribution is 0.251. The fraction of sp³-hybridized carbons (Fsp3) is 0.182. The Bertz CT molecular complexity index is 516. The zero-order chi connectivity index (χ0) is 12.8. The summed E-state index contributed by atoms with van der Waals surface area (Å²) >= 11 is 1.26. The molecule has 0 aliphatic carbocycles. The number of rotatable bonds is 4. The second-order valence-corrected chi connectivity index (χ2v) is 4.20. The number of urea groups is 1. The molecule has 0 bridgehead atoms. The molecule has 0 aliphatic rings. The predicted octanol–water partition coefficient (Wildman–Crippen LogP) is 1.87. The molecule has 1 aromatic carbocycles. The van der Waals surface area contributed by atoms with Crippen LogP contribution in [0.3, 0.4) is 0 Å². The third-order valence-electron chi connectivity index (χ3n) is 2.21. The number of hydrogen-bond acceptors (Lipinski definition) is 5. The Morgan fingerprint density at radius 2 is 2.28 bits per heavy atom. The van der Waals surface area contributed by atoms with Gasteiger partial charge >= 0.3 is 6.03 Å². The summed E-state index contributed by atoms with van der Waals surface area (Å²) in [5.41, 5.74) is 2.46. The van der Waals surface area contributed by atoms with Crippen molar-refractivity contribution in [3.63, 3.8) is 0 Å². The van der Waals surface area contributed by atoms with Gasteiger partial charge in [-0.2, -0.15) is 0 Å². The number of benzene rings is 1. The molecule has 1 aromatic heterocycles. The fourth-order valence-corrected chi connectivity index (χ4v) is 1.83. The van der Waals surface area contributed by atoms with E-state index in [0.29, 0.717) is 11.7 Å². The first-order chi connectivity index (χ1) is 8.79. The van der Waals surface area contributed by atoms with E-state index in [2.05, 4.69) is 20.8 Å². The highest BCUT2D eigenvalue weighted by atomic mass is 32.1. The molecule has 7 heteroatoms. The minimum absolute atomic E-state index is 0.322. The topological polar surface area (TPSA) is 76.1 Å². The minimum atomic E-state index is -0.322. The molecule has 2 N–H and O–H groups in total. The maximum atomic E-state index is 11.6. The van der Waals surface area contributed by atoms with Gasteiger partial charge in [0.25, 0.3) is 0 Å². The highest BCUT2D eigenvalue weighted by molar-refractivity contribution is 7.13. The molecule has 0 atom stereocenters. The van der Waals surface area contributed by atoms with Gasteiger partial charge in [-0.05, 0) is 6.07 Å². The summed E-state index contributed by atoms with van der Waals surface area (Å²) in [6.07, 6.45) is 0. The second kappa shape index (κ2) is 5.97.